The first kappa shape index (κ1) is 21.0. The van der Waals surface area contributed by atoms with Crippen molar-refractivity contribution in [1.82, 2.24) is 16.0 Å². The van der Waals surface area contributed by atoms with E-state index in [1.807, 2.05) is 6.92 Å². The van der Waals surface area contributed by atoms with Crippen molar-refractivity contribution in [2.75, 3.05) is 13.7 Å². The average molecular weight is 389 g/mol. The second kappa shape index (κ2) is 9.05. The summed E-state index contributed by atoms with van der Waals surface area (Å²) >= 11 is 0. The van der Waals surface area contributed by atoms with Crippen LogP contribution in [0.25, 0.3) is 0 Å². The second-order valence-electron chi connectivity index (χ2n) is 6.09. The van der Waals surface area contributed by atoms with Gasteiger partial charge in [0.05, 0.1) is 25.1 Å². The number of carbonyl (C=O) groups excluding carboxylic acids is 2. The Morgan fingerprint density at radius 2 is 2.00 bits per heavy atom. The lowest BCUT2D eigenvalue weighted by Crippen LogP contribution is -2.62. The number of carbonyl (C=O) groups is 2. The van der Waals surface area contributed by atoms with Crippen LogP contribution in [0.2, 0.25) is 0 Å². The zero-order valence-electron chi connectivity index (χ0n) is 14.9. The SMILES string of the molecule is CC[C@@H](NC(=O)C1CC(=O)NC(COC)N1)c1ccc(OC(F)(F)F)cc1. The molecule has 7 nitrogen and oxygen atoms in total. The highest BCUT2D eigenvalue weighted by Gasteiger charge is 2.32. The van der Waals surface area contributed by atoms with E-state index in [2.05, 4.69) is 20.7 Å². The number of halogens is 3. The van der Waals surface area contributed by atoms with Crippen molar-refractivity contribution in [3.05, 3.63) is 29.8 Å². The third-order valence-electron chi connectivity index (χ3n) is 4.02. The van der Waals surface area contributed by atoms with Gasteiger partial charge in [-0.05, 0) is 24.1 Å². The fourth-order valence-electron chi connectivity index (χ4n) is 2.80. The number of ether oxygens (including phenoxy) is 2. The molecule has 3 N–H and O–H groups in total. The van der Waals surface area contributed by atoms with Gasteiger partial charge in [-0.15, -0.1) is 13.2 Å². The Morgan fingerprint density at radius 3 is 2.56 bits per heavy atom. The lowest BCUT2D eigenvalue weighted by molar-refractivity contribution is -0.274. The lowest BCUT2D eigenvalue weighted by Gasteiger charge is -2.31. The van der Waals surface area contributed by atoms with E-state index in [1.54, 1.807) is 0 Å². The van der Waals surface area contributed by atoms with Crippen LogP contribution in [0, 0.1) is 0 Å². The van der Waals surface area contributed by atoms with E-state index in [0.29, 0.717) is 12.0 Å². The predicted octanol–water partition coefficient (Wildman–Crippen LogP) is 1.60. The van der Waals surface area contributed by atoms with E-state index >= 15 is 0 Å². The van der Waals surface area contributed by atoms with Gasteiger partial charge in [0, 0.05) is 7.11 Å². The highest BCUT2D eigenvalue weighted by molar-refractivity contribution is 5.89. The molecule has 1 aliphatic heterocycles. The van der Waals surface area contributed by atoms with Gasteiger partial charge >= 0.3 is 6.36 Å². The minimum Gasteiger partial charge on any atom is -0.406 e. The van der Waals surface area contributed by atoms with E-state index in [4.69, 9.17) is 4.74 Å². The molecule has 3 atom stereocenters. The van der Waals surface area contributed by atoms with Crippen molar-refractivity contribution in [3.63, 3.8) is 0 Å². The van der Waals surface area contributed by atoms with E-state index in [-0.39, 0.29) is 30.6 Å². The summed E-state index contributed by atoms with van der Waals surface area (Å²) in [7, 11) is 1.48. The van der Waals surface area contributed by atoms with Crippen molar-refractivity contribution in [3.8, 4) is 5.75 Å². The van der Waals surface area contributed by atoms with Crippen LogP contribution in [-0.2, 0) is 14.3 Å². The van der Waals surface area contributed by atoms with Gasteiger partial charge in [-0.3, -0.25) is 14.9 Å². The average Bonchev–Trinajstić information content (AvgIpc) is 2.58. The summed E-state index contributed by atoms with van der Waals surface area (Å²) in [4.78, 5) is 24.3. The molecule has 1 aromatic rings. The highest BCUT2D eigenvalue weighted by atomic mass is 19.4. The molecule has 0 saturated carbocycles. The van der Waals surface area contributed by atoms with Crippen LogP contribution in [0.15, 0.2) is 24.3 Å². The van der Waals surface area contributed by atoms with E-state index in [1.165, 1.54) is 31.4 Å². The van der Waals surface area contributed by atoms with Crippen LogP contribution in [0.5, 0.6) is 5.75 Å². The largest absolute Gasteiger partial charge is 0.573 e. The number of amides is 2. The summed E-state index contributed by atoms with van der Waals surface area (Å²) in [6, 6.07) is 4.18. The standard InChI is InChI=1S/C17H22F3N3O4/c1-3-12(10-4-6-11(7-5-10)27-17(18,19)20)22-16(25)13-8-15(24)23-14(21-13)9-26-2/h4-7,12-14,21H,3,8-9H2,1-2H3,(H,22,25)(H,23,24)/t12-,13?,14?/m1/s1. The van der Waals surface area contributed by atoms with E-state index in [9.17, 15) is 22.8 Å². The van der Waals surface area contributed by atoms with Gasteiger partial charge in [-0.1, -0.05) is 19.1 Å². The normalized spacial score (nSPS) is 21.3. The smallest absolute Gasteiger partial charge is 0.406 e. The Bertz CT molecular complexity index is 652. The molecule has 10 heteroatoms. The van der Waals surface area contributed by atoms with Crippen LogP contribution in [0.4, 0.5) is 13.2 Å². The van der Waals surface area contributed by atoms with Crippen molar-refractivity contribution in [1.29, 1.82) is 0 Å². The summed E-state index contributed by atoms with van der Waals surface area (Å²) < 4.78 is 45.5. The van der Waals surface area contributed by atoms with Gasteiger partial charge in [0.1, 0.15) is 11.9 Å². The highest BCUT2D eigenvalue weighted by Crippen LogP contribution is 2.25. The molecule has 1 fully saturated rings. The number of methoxy groups -OCH3 is 1. The van der Waals surface area contributed by atoms with Crippen LogP contribution in [-0.4, -0.2) is 44.1 Å². The maximum Gasteiger partial charge on any atom is 0.573 e. The van der Waals surface area contributed by atoms with Crippen molar-refractivity contribution >= 4 is 11.8 Å². The van der Waals surface area contributed by atoms with E-state index in [0.717, 1.165) is 0 Å². The molecule has 27 heavy (non-hydrogen) atoms. The number of hydrogen-bond acceptors (Lipinski definition) is 5. The molecule has 1 aliphatic rings. The van der Waals surface area contributed by atoms with Crippen molar-refractivity contribution in [2.45, 2.75) is 44.4 Å². The molecule has 0 spiro atoms. The van der Waals surface area contributed by atoms with Crippen molar-refractivity contribution in [2.24, 2.45) is 0 Å². The Morgan fingerprint density at radius 1 is 1.33 bits per heavy atom. The minimum atomic E-state index is -4.76. The molecule has 2 rings (SSSR count). The molecule has 150 valence electrons. The Kier molecular flexibility index (Phi) is 7.03. The van der Waals surface area contributed by atoms with Crippen LogP contribution in [0.3, 0.4) is 0 Å². The summed E-state index contributed by atoms with van der Waals surface area (Å²) in [5.74, 6) is -0.966. The quantitative estimate of drug-likeness (QED) is 0.659. The summed E-state index contributed by atoms with van der Waals surface area (Å²) in [6.07, 6.45) is -4.72. The fraction of sp³-hybridized carbons (Fsp3) is 0.529. The third kappa shape index (κ3) is 6.40. The molecule has 0 radical (unpaired) electrons. The molecule has 1 heterocycles. The van der Waals surface area contributed by atoms with Gasteiger partial charge in [0.25, 0.3) is 0 Å². The monoisotopic (exact) mass is 389 g/mol. The van der Waals surface area contributed by atoms with Crippen LogP contribution in [0.1, 0.15) is 31.4 Å². The first-order valence-corrected chi connectivity index (χ1v) is 8.42. The predicted molar refractivity (Wildman–Crippen MR) is 89.6 cm³/mol. The number of rotatable bonds is 7. The Balaban J connectivity index is 2.01. The summed E-state index contributed by atoms with van der Waals surface area (Å²) in [5.41, 5.74) is 0.633. The lowest BCUT2D eigenvalue weighted by atomic mass is 10.0. The minimum absolute atomic E-state index is 0.0131. The van der Waals surface area contributed by atoms with Gasteiger partial charge in [-0.25, -0.2) is 0 Å². The molecule has 2 amide bonds. The Hall–Kier alpha value is -2.33. The van der Waals surface area contributed by atoms with Crippen molar-refractivity contribution < 1.29 is 32.2 Å². The molecular formula is C17H22F3N3O4. The van der Waals surface area contributed by atoms with Gasteiger partial charge in [-0.2, -0.15) is 0 Å². The second-order valence-corrected chi connectivity index (χ2v) is 6.09. The molecule has 0 bridgehead atoms. The molecular weight excluding hydrogens is 367 g/mol. The molecule has 1 saturated heterocycles. The molecule has 0 aliphatic carbocycles. The summed E-state index contributed by atoms with van der Waals surface area (Å²) in [5, 5.41) is 8.47. The number of hydrogen-bond donors (Lipinski definition) is 3. The van der Waals surface area contributed by atoms with Gasteiger partial charge in [0.2, 0.25) is 11.8 Å². The maximum absolute atomic E-state index is 12.5. The zero-order chi connectivity index (χ0) is 20.0. The van der Waals surface area contributed by atoms with E-state index < -0.39 is 24.6 Å². The van der Waals surface area contributed by atoms with Crippen LogP contribution < -0.4 is 20.7 Å². The number of benzene rings is 1. The first-order valence-electron chi connectivity index (χ1n) is 8.42. The molecule has 1 aromatic carbocycles. The van der Waals surface area contributed by atoms with Crippen LogP contribution >= 0.6 is 0 Å². The van der Waals surface area contributed by atoms with Gasteiger partial charge < -0.3 is 20.1 Å². The maximum atomic E-state index is 12.5. The zero-order valence-corrected chi connectivity index (χ0v) is 14.9. The number of nitrogens with one attached hydrogen (secondary N) is 3. The number of alkyl halides is 3. The summed E-state index contributed by atoms with van der Waals surface area (Å²) in [6.45, 7) is 2.05. The van der Waals surface area contributed by atoms with Gasteiger partial charge in [0.15, 0.2) is 0 Å². The third-order valence-corrected chi connectivity index (χ3v) is 4.02. The Labute approximate surface area is 154 Å². The molecule has 0 aromatic heterocycles. The fourth-order valence-corrected chi connectivity index (χ4v) is 2.80. The first-order chi connectivity index (χ1) is 12.7. The molecule has 2 unspecified atom stereocenters. The topological polar surface area (TPSA) is 88.7 Å².